The van der Waals surface area contributed by atoms with Gasteiger partial charge in [0.15, 0.2) is 0 Å². The first-order valence-corrected chi connectivity index (χ1v) is 4.24. The van der Waals surface area contributed by atoms with Crippen LogP contribution < -0.4 is 5.90 Å². The molecule has 2 N–H and O–H groups in total. The van der Waals surface area contributed by atoms with Crippen LogP contribution in [-0.2, 0) is 16.5 Å². The molecule has 0 amide bonds. The minimum Gasteiger partial charge on any atom is -0.221 e. The van der Waals surface area contributed by atoms with E-state index in [0.717, 1.165) is 11.3 Å². The van der Waals surface area contributed by atoms with Crippen LogP contribution in [0.4, 0.5) is 0 Å². The summed E-state index contributed by atoms with van der Waals surface area (Å²) in [5.41, 5.74) is 1.81. The van der Waals surface area contributed by atoms with E-state index in [1.165, 1.54) is 5.06 Å². The van der Waals surface area contributed by atoms with E-state index in [4.69, 9.17) is 10.9 Å². The van der Waals surface area contributed by atoms with E-state index in [-0.39, 0.29) is 0 Å². The van der Waals surface area contributed by atoms with Crippen LogP contribution in [0.1, 0.15) is 12.5 Å². The Morgan fingerprint density at radius 2 is 2.07 bits per heavy atom. The summed E-state index contributed by atoms with van der Waals surface area (Å²) in [4.78, 5) is 8.82. The molecular formula is C10H14N2O2. The third-order valence-electron chi connectivity index (χ3n) is 1.73. The number of allylic oxidation sites excluding steroid dienone is 1. The van der Waals surface area contributed by atoms with Gasteiger partial charge in [0.05, 0.1) is 6.54 Å². The molecule has 0 bridgehead atoms. The summed E-state index contributed by atoms with van der Waals surface area (Å²) in [6, 6.07) is 9.82. The molecule has 0 aromatic heterocycles. The summed E-state index contributed by atoms with van der Waals surface area (Å²) < 4.78 is 0. The zero-order valence-electron chi connectivity index (χ0n) is 8.14. The second kappa shape index (κ2) is 5.39. The fourth-order valence-corrected chi connectivity index (χ4v) is 1.03. The van der Waals surface area contributed by atoms with Crippen LogP contribution in [0.2, 0.25) is 0 Å². The first-order valence-electron chi connectivity index (χ1n) is 4.24. The van der Waals surface area contributed by atoms with Crippen LogP contribution in [-0.4, -0.2) is 5.06 Å². The summed E-state index contributed by atoms with van der Waals surface area (Å²) in [7, 11) is 0. The summed E-state index contributed by atoms with van der Waals surface area (Å²) in [6.07, 6.45) is 0. The van der Waals surface area contributed by atoms with Gasteiger partial charge in [0, 0.05) is 5.70 Å². The van der Waals surface area contributed by atoms with Crippen LogP contribution in [0.15, 0.2) is 42.6 Å². The second-order valence-corrected chi connectivity index (χ2v) is 2.93. The fraction of sp³-hybridized carbons (Fsp3) is 0.200. The van der Waals surface area contributed by atoms with Gasteiger partial charge in [-0.2, -0.15) is 5.90 Å². The Hall–Kier alpha value is -1.36. The molecule has 4 heteroatoms. The zero-order chi connectivity index (χ0) is 10.4. The van der Waals surface area contributed by atoms with Crippen molar-refractivity contribution in [2.75, 3.05) is 0 Å². The van der Waals surface area contributed by atoms with Gasteiger partial charge < -0.3 is 0 Å². The molecule has 0 heterocycles. The highest BCUT2D eigenvalue weighted by Crippen LogP contribution is 2.09. The molecule has 0 spiro atoms. The first-order chi connectivity index (χ1) is 6.74. The van der Waals surface area contributed by atoms with E-state index in [2.05, 4.69) is 11.6 Å². The van der Waals surface area contributed by atoms with E-state index >= 15 is 0 Å². The van der Waals surface area contributed by atoms with E-state index in [0.29, 0.717) is 6.54 Å². The van der Waals surface area contributed by atoms with Crippen LogP contribution in [0, 0.1) is 0 Å². The van der Waals surface area contributed by atoms with Gasteiger partial charge in [-0.05, 0) is 12.5 Å². The third-order valence-corrected chi connectivity index (χ3v) is 1.73. The highest BCUT2D eigenvalue weighted by molar-refractivity contribution is 5.14. The summed E-state index contributed by atoms with van der Waals surface area (Å²) in [5, 5.41) is 1.47. The molecule has 1 aromatic carbocycles. The minimum atomic E-state index is 0.549. The smallest absolute Gasteiger partial charge is 0.0732 e. The molecule has 14 heavy (non-hydrogen) atoms. The third kappa shape index (κ3) is 3.18. The SMILES string of the molecule is C=C(C)N(Cc1ccccc1)OON. The van der Waals surface area contributed by atoms with Crippen molar-refractivity contribution in [1.29, 1.82) is 0 Å². The van der Waals surface area contributed by atoms with Crippen LogP contribution >= 0.6 is 0 Å². The molecule has 0 radical (unpaired) electrons. The van der Waals surface area contributed by atoms with Crippen LogP contribution in [0.25, 0.3) is 0 Å². The quantitative estimate of drug-likeness (QED) is 0.573. The van der Waals surface area contributed by atoms with Gasteiger partial charge in [0.25, 0.3) is 0 Å². The predicted octanol–water partition coefficient (Wildman–Crippen LogP) is 1.76. The largest absolute Gasteiger partial charge is 0.221 e. The fourth-order valence-electron chi connectivity index (χ4n) is 1.03. The molecule has 0 aliphatic heterocycles. The van der Waals surface area contributed by atoms with Gasteiger partial charge in [-0.15, -0.1) is 4.99 Å². The summed E-state index contributed by atoms with van der Waals surface area (Å²) in [6.45, 7) is 6.09. The number of benzene rings is 1. The number of hydrogen-bond donors (Lipinski definition) is 1. The van der Waals surface area contributed by atoms with Crippen molar-refractivity contribution in [1.82, 2.24) is 5.06 Å². The Kier molecular flexibility index (Phi) is 4.12. The van der Waals surface area contributed by atoms with Gasteiger partial charge in [-0.25, -0.2) is 5.06 Å². The highest BCUT2D eigenvalue weighted by Gasteiger charge is 2.05. The lowest BCUT2D eigenvalue weighted by atomic mass is 10.2. The highest BCUT2D eigenvalue weighted by atomic mass is 17.3. The number of hydrogen-bond acceptors (Lipinski definition) is 4. The molecule has 0 aliphatic rings. The number of nitrogens with zero attached hydrogens (tertiary/aromatic N) is 1. The Balaban J connectivity index is 2.60. The topological polar surface area (TPSA) is 47.7 Å². The normalized spacial score (nSPS) is 9.86. The standard InChI is InChI=1S/C10H14N2O2/c1-9(2)12(14-13-11)8-10-6-4-3-5-7-10/h3-7H,1,8,11H2,2H3. The van der Waals surface area contributed by atoms with Gasteiger partial charge in [0.2, 0.25) is 0 Å². The molecular weight excluding hydrogens is 180 g/mol. The molecule has 1 rings (SSSR count). The van der Waals surface area contributed by atoms with Crippen LogP contribution in [0.3, 0.4) is 0 Å². The van der Waals surface area contributed by atoms with Crippen molar-refractivity contribution < 1.29 is 9.98 Å². The summed E-state index contributed by atoms with van der Waals surface area (Å²) >= 11 is 0. The Morgan fingerprint density at radius 3 is 2.57 bits per heavy atom. The second-order valence-electron chi connectivity index (χ2n) is 2.93. The van der Waals surface area contributed by atoms with Gasteiger partial charge >= 0.3 is 0 Å². The molecule has 0 unspecified atom stereocenters. The van der Waals surface area contributed by atoms with E-state index in [9.17, 15) is 0 Å². The maximum absolute atomic E-state index is 4.82. The molecule has 0 saturated carbocycles. The molecule has 1 aromatic rings. The molecule has 4 nitrogen and oxygen atoms in total. The average molecular weight is 194 g/mol. The van der Waals surface area contributed by atoms with Crippen molar-refractivity contribution in [3.05, 3.63) is 48.2 Å². The maximum atomic E-state index is 4.82. The lowest BCUT2D eigenvalue weighted by Crippen LogP contribution is -2.23. The average Bonchev–Trinajstić information content (AvgIpc) is 2.18. The van der Waals surface area contributed by atoms with Crippen molar-refractivity contribution in [3.63, 3.8) is 0 Å². The molecule has 0 aliphatic carbocycles. The Bertz CT molecular complexity index is 287. The lowest BCUT2D eigenvalue weighted by molar-refractivity contribution is -0.422. The predicted molar refractivity (Wildman–Crippen MR) is 53.2 cm³/mol. The van der Waals surface area contributed by atoms with Crippen molar-refractivity contribution in [3.8, 4) is 0 Å². The first kappa shape index (κ1) is 10.7. The van der Waals surface area contributed by atoms with Gasteiger partial charge in [-0.1, -0.05) is 41.9 Å². The van der Waals surface area contributed by atoms with E-state index in [1.807, 2.05) is 37.3 Å². The number of hydroxylamine groups is 2. The molecule has 76 valence electrons. The zero-order valence-corrected chi connectivity index (χ0v) is 8.14. The van der Waals surface area contributed by atoms with Gasteiger partial charge in [0.1, 0.15) is 0 Å². The van der Waals surface area contributed by atoms with Gasteiger partial charge in [-0.3, -0.25) is 0 Å². The number of rotatable bonds is 5. The number of nitrogens with two attached hydrogens (primary N) is 1. The van der Waals surface area contributed by atoms with Crippen molar-refractivity contribution >= 4 is 0 Å². The maximum Gasteiger partial charge on any atom is 0.0732 e. The van der Waals surface area contributed by atoms with Crippen molar-refractivity contribution in [2.45, 2.75) is 13.5 Å². The Morgan fingerprint density at radius 1 is 1.43 bits per heavy atom. The molecule has 0 saturated heterocycles. The molecule has 0 fully saturated rings. The molecule has 0 atom stereocenters. The minimum absolute atomic E-state index is 0.549. The Labute approximate surface area is 83.4 Å². The lowest BCUT2D eigenvalue weighted by Gasteiger charge is -2.20. The van der Waals surface area contributed by atoms with E-state index < -0.39 is 0 Å². The monoisotopic (exact) mass is 194 g/mol. The summed E-state index contributed by atoms with van der Waals surface area (Å²) in [5.74, 6) is 4.82. The van der Waals surface area contributed by atoms with Crippen molar-refractivity contribution in [2.24, 2.45) is 5.90 Å². The van der Waals surface area contributed by atoms with E-state index in [1.54, 1.807) is 0 Å². The van der Waals surface area contributed by atoms with Crippen LogP contribution in [0.5, 0.6) is 0 Å².